The van der Waals surface area contributed by atoms with Gasteiger partial charge in [0.2, 0.25) is 5.91 Å². The first kappa shape index (κ1) is 20.5. The average molecular weight is 415 g/mol. The van der Waals surface area contributed by atoms with E-state index in [1.807, 2.05) is 6.07 Å². The van der Waals surface area contributed by atoms with Crippen LogP contribution in [0.5, 0.6) is 0 Å². The molecule has 3 aromatic rings. The molecule has 150 valence electrons. The Balaban J connectivity index is 1.68. The van der Waals surface area contributed by atoms with Crippen molar-refractivity contribution >= 4 is 39.9 Å². The Bertz CT molecular complexity index is 1110. The molecular weight excluding hydrogens is 396 g/mol. The molecule has 0 fully saturated rings. The molecule has 9 heteroatoms. The van der Waals surface area contributed by atoms with Crippen LogP contribution >= 0.6 is 11.6 Å². The van der Waals surface area contributed by atoms with Gasteiger partial charge in [-0.3, -0.25) is 14.4 Å². The lowest BCUT2D eigenvalue weighted by molar-refractivity contribution is -0.117. The number of aromatic nitrogens is 2. The molecule has 2 N–H and O–H groups in total. The van der Waals surface area contributed by atoms with Crippen molar-refractivity contribution in [1.29, 1.82) is 0 Å². The molecule has 0 spiro atoms. The van der Waals surface area contributed by atoms with E-state index in [-0.39, 0.29) is 28.6 Å². The van der Waals surface area contributed by atoms with E-state index in [0.717, 1.165) is 4.68 Å². The molecule has 2 aromatic carbocycles. The molecule has 0 aliphatic carbocycles. The van der Waals surface area contributed by atoms with Crippen LogP contribution in [-0.4, -0.2) is 41.9 Å². The van der Waals surface area contributed by atoms with E-state index < -0.39 is 5.91 Å². The summed E-state index contributed by atoms with van der Waals surface area (Å²) in [5.74, 6) is -0.778. The quantitative estimate of drug-likeness (QED) is 0.576. The SMILES string of the molecule is COCCNC(=O)c1ccc(NC(=O)Cn2ncc3ccccc3c2=O)cc1Cl. The van der Waals surface area contributed by atoms with Crippen molar-refractivity contribution in [3.8, 4) is 0 Å². The largest absolute Gasteiger partial charge is 0.383 e. The van der Waals surface area contributed by atoms with Crippen LogP contribution in [0.1, 0.15) is 10.4 Å². The second-order valence-corrected chi connectivity index (χ2v) is 6.59. The van der Waals surface area contributed by atoms with Crippen molar-refractivity contribution in [3.05, 3.63) is 69.6 Å². The monoisotopic (exact) mass is 414 g/mol. The number of carbonyl (C=O) groups excluding carboxylic acids is 2. The highest BCUT2D eigenvalue weighted by Crippen LogP contribution is 2.21. The fraction of sp³-hybridized carbons (Fsp3) is 0.200. The zero-order valence-corrected chi connectivity index (χ0v) is 16.4. The molecule has 0 saturated heterocycles. The van der Waals surface area contributed by atoms with Crippen molar-refractivity contribution in [2.45, 2.75) is 6.54 Å². The molecule has 0 unspecified atom stereocenters. The molecule has 3 rings (SSSR count). The van der Waals surface area contributed by atoms with Crippen LogP contribution in [0.4, 0.5) is 5.69 Å². The van der Waals surface area contributed by atoms with Gasteiger partial charge in [-0.05, 0) is 24.3 Å². The Kier molecular flexibility index (Phi) is 6.58. The van der Waals surface area contributed by atoms with Crippen LogP contribution in [0.25, 0.3) is 10.8 Å². The summed E-state index contributed by atoms with van der Waals surface area (Å²) in [6.45, 7) is 0.498. The molecule has 0 aliphatic rings. The third-order valence-corrected chi connectivity index (χ3v) is 4.46. The van der Waals surface area contributed by atoms with Crippen LogP contribution in [0.2, 0.25) is 5.02 Å². The van der Waals surface area contributed by atoms with E-state index in [9.17, 15) is 14.4 Å². The van der Waals surface area contributed by atoms with Crippen LogP contribution in [0, 0.1) is 0 Å². The van der Waals surface area contributed by atoms with Gasteiger partial charge in [0.05, 0.1) is 28.8 Å². The molecule has 8 nitrogen and oxygen atoms in total. The molecule has 29 heavy (non-hydrogen) atoms. The van der Waals surface area contributed by atoms with Crippen LogP contribution in [0.15, 0.2) is 53.5 Å². The first-order chi connectivity index (χ1) is 14.0. The van der Waals surface area contributed by atoms with Crippen molar-refractivity contribution < 1.29 is 14.3 Å². The first-order valence-corrected chi connectivity index (χ1v) is 9.19. The van der Waals surface area contributed by atoms with Gasteiger partial charge in [-0.15, -0.1) is 0 Å². The van der Waals surface area contributed by atoms with Gasteiger partial charge < -0.3 is 15.4 Å². The van der Waals surface area contributed by atoms with Gasteiger partial charge in [0.25, 0.3) is 11.5 Å². The number of methoxy groups -OCH3 is 1. The molecule has 1 aromatic heterocycles. The summed E-state index contributed by atoms with van der Waals surface area (Å²) in [6.07, 6.45) is 1.54. The predicted molar refractivity (Wildman–Crippen MR) is 110 cm³/mol. The van der Waals surface area contributed by atoms with Crippen molar-refractivity contribution in [3.63, 3.8) is 0 Å². The van der Waals surface area contributed by atoms with E-state index in [1.165, 1.54) is 25.4 Å². The third kappa shape index (κ3) is 4.98. The summed E-state index contributed by atoms with van der Waals surface area (Å²) in [5, 5.41) is 10.7. The number of halogens is 1. The minimum Gasteiger partial charge on any atom is -0.383 e. The Morgan fingerprint density at radius 1 is 1.21 bits per heavy atom. The number of amides is 2. The molecule has 0 bridgehead atoms. The lowest BCUT2D eigenvalue weighted by Gasteiger charge is -2.10. The van der Waals surface area contributed by atoms with Gasteiger partial charge in [0, 0.05) is 24.7 Å². The second kappa shape index (κ2) is 9.31. The number of hydrogen-bond acceptors (Lipinski definition) is 5. The highest BCUT2D eigenvalue weighted by atomic mass is 35.5. The highest BCUT2D eigenvalue weighted by molar-refractivity contribution is 6.34. The normalized spacial score (nSPS) is 10.7. The first-order valence-electron chi connectivity index (χ1n) is 8.81. The van der Waals surface area contributed by atoms with E-state index in [0.29, 0.717) is 29.6 Å². The molecule has 0 aliphatic heterocycles. The number of hydrogen-bond donors (Lipinski definition) is 2. The minimum atomic E-state index is -0.441. The Morgan fingerprint density at radius 3 is 2.76 bits per heavy atom. The van der Waals surface area contributed by atoms with E-state index in [2.05, 4.69) is 15.7 Å². The summed E-state index contributed by atoms with van der Waals surface area (Å²) < 4.78 is 5.97. The smallest absolute Gasteiger partial charge is 0.275 e. The maximum atomic E-state index is 12.4. The second-order valence-electron chi connectivity index (χ2n) is 6.19. The number of rotatable bonds is 7. The lowest BCUT2D eigenvalue weighted by Crippen LogP contribution is -2.29. The Morgan fingerprint density at radius 2 is 2.00 bits per heavy atom. The lowest BCUT2D eigenvalue weighted by atomic mass is 10.2. The number of nitrogens with zero attached hydrogens (tertiary/aromatic N) is 2. The van der Waals surface area contributed by atoms with Gasteiger partial charge in [0.1, 0.15) is 6.54 Å². The third-order valence-electron chi connectivity index (χ3n) is 4.14. The Hall–Kier alpha value is -3.23. The summed E-state index contributed by atoms with van der Waals surface area (Å²) in [4.78, 5) is 36.8. The van der Waals surface area contributed by atoms with Crippen molar-refractivity contribution in [2.24, 2.45) is 0 Å². The van der Waals surface area contributed by atoms with Gasteiger partial charge in [-0.2, -0.15) is 5.10 Å². The molecular formula is C20H19ClN4O4. The number of benzene rings is 2. The van der Waals surface area contributed by atoms with E-state index >= 15 is 0 Å². The Labute approximate surface area is 171 Å². The molecule has 0 radical (unpaired) electrons. The maximum absolute atomic E-state index is 12.4. The standard InChI is InChI=1S/C20H19ClN4O4/c1-29-9-8-22-19(27)16-7-6-14(10-17(16)21)24-18(26)12-25-20(28)15-5-3-2-4-13(15)11-23-25/h2-7,10-11H,8-9,12H2,1H3,(H,22,27)(H,24,26). The highest BCUT2D eigenvalue weighted by Gasteiger charge is 2.13. The van der Waals surface area contributed by atoms with Crippen LogP contribution in [0.3, 0.4) is 0 Å². The van der Waals surface area contributed by atoms with E-state index in [4.69, 9.17) is 16.3 Å². The van der Waals surface area contributed by atoms with Crippen molar-refractivity contribution in [1.82, 2.24) is 15.1 Å². The van der Waals surface area contributed by atoms with Gasteiger partial charge in [0.15, 0.2) is 0 Å². The zero-order chi connectivity index (χ0) is 20.8. The van der Waals surface area contributed by atoms with Gasteiger partial charge in [-0.1, -0.05) is 29.8 Å². The fourth-order valence-corrected chi connectivity index (χ4v) is 2.98. The minimum absolute atomic E-state index is 0.193. The number of anilines is 1. The molecule has 0 saturated carbocycles. The fourth-order valence-electron chi connectivity index (χ4n) is 2.72. The maximum Gasteiger partial charge on any atom is 0.275 e. The summed E-state index contributed by atoms with van der Waals surface area (Å²) in [7, 11) is 1.54. The predicted octanol–water partition coefficient (Wildman–Crippen LogP) is 2.06. The molecule has 2 amide bonds. The number of carbonyl (C=O) groups is 2. The molecule has 0 atom stereocenters. The van der Waals surface area contributed by atoms with Gasteiger partial charge >= 0.3 is 0 Å². The number of ether oxygens (including phenoxy) is 1. The summed E-state index contributed by atoms with van der Waals surface area (Å²) in [5.41, 5.74) is 0.342. The zero-order valence-electron chi connectivity index (χ0n) is 15.6. The topological polar surface area (TPSA) is 102 Å². The van der Waals surface area contributed by atoms with Crippen LogP contribution < -0.4 is 16.2 Å². The average Bonchev–Trinajstić information content (AvgIpc) is 2.70. The molecule has 1 heterocycles. The summed E-state index contributed by atoms with van der Waals surface area (Å²) >= 11 is 6.16. The van der Waals surface area contributed by atoms with E-state index in [1.54, 1.807) is 24.3 Å². The number of nitrogens with one attached hydrogen (secondary N) is 2. The summed E-state index contributed by atoms with van der Waals surface area (Å²) in [6, 6.07) is 11.6. The number of fused-ring (bicyclic) bond motifs is 1. The van der Waals surface area contributed by atoms with Gasteiger partial charge in [-0.25, -0.2) is 4.68 Å². The van der Waals surface area contributed by atoms with Crippen LogP contribution in [-0.2, 0) is 16.1 Å². The van der Waals surface area contributed by atoms with Crippen molar-refractivity contribution in [2.75, 3.05) is 25.6 Å².